The first-order valence-corrected chi connectivity index (χ1v) is 9.05. The van der Waals surface area contributed by atoms with E-state index < -0.39 is 6.04 Å². The number of rotatable bonds is 5. The fourth-order valence-electron chi connectivity index (χ4n) is 2.94. The molecule has 3 aromatic rings. The Bertz CT molecular complexity index is 982. The molecule has 6 nitrogen and oxygen atoms in total. The molecule has 27 heavy (non-hydrogen) atoms. The highest BCUT2D eigenvalue weighted by Gasteiger charge is 2.24. The second kappa shape index (κ2) is 8.03. The number of para-hydroxylation sites is 1. The number of benzene rings is 2. The summed E-state index contributed by atoms with van der Waals surface area (Å²) in [6.45, 7) is 6.12. The normalized spacial score (nSPS) is 12.1. The summed E-state index contributed by atoms with van der Waals surface area (Å²) >= 11 is 0. The standard InChI is InChI=1S/C21H24N4O2/c1-14(2)22-21(27)25(13-16-9-5-4-6-10-16)15(3)19-23-18-12-8-7-11-17(18)20(26)24-19/h4-12,14-15H,13H2,1-3H3,(H,22,27)(H,23,24,26). The van der Waals surface area contributed by atoms with Gasteiger partial charge in [0.15, 0.2) is 0 Å². The van der Waals surface area contributed by atoms with Crippen LogP contribution in [0.5, 0.6) is 0 Å². The van der Waals surface area contributed by atoms with Crippen molar-refractivity contribution in [1.29, 1.82) is 0 Å². The summed E-state index contributed by atoms with van der Waals surface area (Å²) in [5.74, 6) is 0.466. The number of hydrogen-bond acceptors (Lipinski definition) is 3. The number of carbonyl (C=O) groups excluding carboxylic acids is 1. The Hall–Kier alpha value is -3.15. The van der Waals surface area contributed by atoms with Gasteiger partial charge in [-0.05, 0) is 38.5 Å². The van der Waals surface area contributed by atoms with Crippen LogP contribution >= 0.6 is 0 Å². The van der Waals surface area contributed by atoms with Crippen molar-refractivity contribution in [1.82, 2.24) is 20.2 Å². The molecular formula is C21H24N4O2. The van der Waals surface area contributed by atoms with Crippen LogP contribution in [0.4, 0.5) is 4.79 Å². The molecule has 140 valence electrons. The number of aromatic amines is 1. The lowest BCUT2D eigenvalue weighted by atomic mass is 10.1. The summed E-state index contributed by atoms with van der Waals surface area (Å²) in [6, 6.07) is 16.4. The van der Waals surface area contributed by atoms with E-state index in [9.17, 15) is 9.59 Å². The molecule has 0 aliphatic rings. The van der Waals surface area contributed by atoms with Crippen molar-refractivity contribution in [2.45, 2.75) is 39.4 Å². The van der Waals surface area contributed by atoms with Gasteiger partial charge in [-0.15, -0.1) is 0 Å². The molecule has 0 fully saturated rings. The molecule has 0 saturated heterocycles. The minimum Gasteiger partial charge on any atom is -0.336 e. The van der Waals surface area contributed by atoms with Gasteiger partial charge in [0.05, 0.1) is 16.9 Å². The number of nitrogens with zero attached hydrogens (tertiary/aromatic N) is 2. The van der Waals surface area contributed by atoms with E-state index >= 15 is 0 Å². The number of nitrogens with one attached hydrogen (secondary N) is 2. The molecule has 2 amide bonds. The molecule has 2 aromatic carbocycles. The highest BCUT2D eigenvalue weighted by atomic mass is 16.2. The Balaban J connectivity index is 1.97. The first kappa shape index (κ1) is 18.6. The second-order valence-electron chi connectivity index (χ2n) is 6.86. The molecule has 1 aromatic heterocycles. The third-order valence-electron chi connectivity index (χ3n) is 4.36. The van der Waals surface area contributed by atoms with E-state index in [1.165, 1.54) is 0 Å². The topological polar surface area (TPSA) is 78.1 Å². The van der Waals surface area contributed by atoms with Crippen molar-refractivity contribution in [3.8, 4) is 0 Å². The molecule has 0 bridgehead atoms. The van der Waals surface area contributed by atoms with Crippen LogP contribution in [0.25, 0.3) is 10.9 Å². The lowest BCUT2D eigenvalue weighted by Gasteiger charge is -2.30. The van der Waals surface area contributed by atoms with Crippen LogP contribution in [0, 0.1) is 0 Å². The van der Waals surface area contributed by atoms with Gasteiger partial charge >= 0.3 is 6.03 Å². The smallest absolute Gasteiger partial charge is 0.318 e. The third kappa shape index (κ3) is 4.34. The molecule has 1 heterocycles. The predicted molar refractivity (Wildman–Crippen MR) is 106 cm³/mol. The molecule has 1 atom stereocenters. The van der Waals surface area contributed by atoms with Crippen molar-refractivity contribution in [2.75, 3.05) is 0 Å². The number of fused-ring (bicyclic) bond motifs is 1. The Labute approximate surface area is 158 Å². The number of urea groups is 1. The minimum atomic E-state index is -0.402. The van der Waals surface area contributed by atoms with Gasteiger partial charge in [0, 0.05) is 12.6 Å². The molecule has 0 radical (unpaired) electrons. The molecule has 0 saturated carbocycles. The van der Waals surface area contributed by atoms with Gasteiger partial charge in [0.2, 0.25) is 0 Å². The van der Waals surface area contributed by atoms with Gasteiger partial charge in [-0.2, -0.15) is 0 Å². The summed E-state index contributed by atoms with van der Waals surface area (Å²) in [7, 11) is 0. The first-order chi connectivity index (χ1) is 13.0. The van der Waals surface area contributed by atoms with Crippen molar-refractivity contribution < 1.29 is 4.79 Å². The van der Waals surface area contributed by atoms with Crippen LogP contribution in [0.15, 0.2) is 59.4 Å². The van der Waals surface area contributed by atoms with E-state index in [1.54, 1.807) is 23.1 Å². The van der Waals surface area contributed by atoms with E-state index in [2.05, 4.69) is 15.3 Å². The Kier molecular flexibility index (Phi) is 5.54. The van der Waals surface area contributed by atoms with Gasteiger partial charge in [0.25, 0.3) is 5.56 Å². The summed E-state index contributed by atoms with van der Waals surface area (Å²) in [5, 5.41) is 3.47. The van der Waals surface area contributed by atoms with Crippen molar-refractivity contribution in [3.05, 3.63) is 76.3 Å². The fourth-order valence-corrected chi connectivity index (χ4v) is 2.94. The van der Waals surface area contributed by atoms with E-state index in [4.69, 9.17) is 0 Å². The molecular weight excluding hydrogens is 340 g/mol. The van der Waals surface area contributed by atoms with Gasteiger partial charge < -0.3 is 15.2 Å². The maximum atomic E-state index is 12.8. The Morgan fingerprint density at radius 1 is 1.07 bits per heavy atom. The zero-order chi connectivity index (χ0) is 19.4. The zero-order valence-corrected chi connectivity index (χ0v) is 15.8. The quantitative estimate of drug-likeness (QED) is 0.726. The lowest BCUT2D eigenvalue weighted by molar-refractivity contribution is 0.170. The maximum absolute atomic E-state index is 12.8. The summed E-state index contributed by atoms with van der Waals surface area (Å²) in [5.41, 5.74) is 1.42. The molecule has 0 aliphatic carbocycles. The van der Waals surface area contributed by atoms with Crippen molar-refractivity contribution >= 4 is 16.9 Å². The van der Waals surface area contributed by atoms with Crippen LogP contribution in [0.3, 0.4) is 0 Å². The average molecular weight is 364 g/mol. The minimum absolute atomic E-state index is 0.00610. The summed E-state index contributed by atoms with van der Waals surface area (Å²) < 4.78 is 0. The van der Waals surface area contributed by atoms with Crippen molar-refractivity contribution in [3.63, 3.8) is 0 Å². The van der Waals surface area contributed by atoms with Gasteiger partial charge in [-0.25, -0.2) is 9.78 Å². The van der Waals surface area contributed by atoms with Gasteiger partial charge in [-0.3, -0.25) is 4.79 Å². The van der Waals surface area contributed by atoms with Gasteiger partial charge in [-0.1, -0.05) is 42.5 Å². The molecule has 3 rings (SSSR count). The van der Waals surface area contributed by atoms with Crippen LogP contribution < -0.4 is 10.9 Å². The van der Waals surface area contributed by atoms with E-state index in [-0.39, 0.29) is 17.6 Å². The zero-order valence-electron chi connectivity index (χ0n) is 15.8. The number of carbonyl (C=O) groups is 1. The Morgan fingerprint density at radius 3 is 2.44 bits per heavy atom. The highest BCUT2D eigenvalue weighted by molar-refractivity contribution is 5.77. The molecule has 1 unspecified atom stereocenters. The molecule has 2 N–H and O–H groups in total. The van der Waals surface area contributed by atoms with Crippen LogP contribution in [-0.4, -0.2) is 26.9 Å². The SMILES string of the molecule is CC(C)NC(=O)N(Cc1ccccc1)C(C)c1nc2ccccc2c(=O)[nH]1. The third-order valence-corrected chi connectivity index (χ3v) is 4.36. The van der Waals surface area contributed by atoms with Crippen LogP contribution in [0.1, 0.15) is 38.2 Å². The average Bonchev–Trinajstić information content (AvgIpc) is 2.66. The van der Waals surface area contributed by atoms with E-state index in [0.29, 0.717) is 23.3 Å². The first-order valence-electron chi connectivity index (χ1n) is 9.05. The summed E-state index contributed by atoms with van der Waals surface area (Å²) in [4.78, 5) is 34.3. The second-order valence-corrected chi connectivity index (χ2v) is 6.86. The summed E-state index contributed by atoms with van der Waals surface area (Å²) in [6.07, 6.45) is 0. The number of hydrogen-bond donors (Lipinski definition) is 2. The molecule has 6 heteroatoms. The fraction of sp³-hybridized carbons (Fsp3) is 0.286. The number of aromatic nitrogens is 2. The van der Waals surface area contributed by atoms with Crippen molar-refractivity contribution in [2.24, 2.45) is 0 Å². The monoisotopic (exact) mass is 364 g/mol. The molecule has 0 spiro atoms. The highest BCUT2D eigenvalue weighted by Crippen LogP contribution is 2.20. The molecule has 0 aliphatic heterocycles. The van der Waals surface area contributed by atoms with Crippen LogP contribution in [-0.2, 0) is 6.54 Å². The largest absolute Gasteiger partial charge is 0.336 e. The number of amides is 2. The van der Waals surface area contributed by atoms with E-state index in [1.807, 2.05) is 57.2 Å². The Morgan fingerprint density at radius 2 is 1.74 bits per heavy atom. The lowest BCUT2D eigenvalue weighted by Crippen LogP contribution is -2.44. The van der Waals surface area contributed by atoms with Gasteiger partial charge in [0.1, 0.15) is 5.82 Å². The maximum Gasteiger partial charge on any atom is 0.318 e. The predicted octanol–water partition coefficient (Wildman–Crippen LogP) is 3.60. The van der Waals surface area contributed by atoms with E-state index in [0.717, 1.165) is 5.56 Å². The number of H-pyrrole nitrogens is 1. The van der Waals surface area contributed by atoms with Crippen LogP contribution in [0.2, 0.25) is 0 Å².